The maximum Gasteiger partial charge on any atom is 0.226 e. The maximum absolute atomic E-state index is 14.3. The van der Waals surface area contributed by atoms with Crippen LogP contribution in [0.15, 0.2) is 60.9 Å². The fraction of sp³-hybridized carbons (Fsp3) is 0.111. The van der Waals surface area contributed by atoms with E-state index in [2.05, 4.69) is 15.4 Å². The first kappa shape index (κ1) is 14.4. The van der Waals surface area contributed by atoms with E-state index >= 15 is 0 Å². The molecule has 3 aromatic rings. The molecule has 0 bridgehead atoms. The maximum atomic E-state index is 14.3. The zero-order valence-corrected chi connectivity index (χ0v) is 13.0. The number of methoxy groups -OCH3 is 1. The molecule has 4 rings (SSSR count). The molecule has 5 nitrogen and oxygen atoms in total. The highest BCUT2D eigenvalue weighted by Gasteiger charge is 2.25. The lowest BCUT2D eigenvalue weighted by atomic mass is 10.0. The van der Waals surface area contributed by atoms with Crippen molar-refractivity contribution < 1.29 is 9.13 Å². The Morgan fingerprint density at radius 2 is 1.92 bits per heavy atom. The van der Waals surface area contributed by atoms with Gasteiger partial charge in [0.15, 0.2) is 0 Å². The predicted molar refractivity (Wildman–Crippen MR) is 89.2 cm³/mol. The number of nitrogens with one attached hydrogen (secondary N) is 1. The molecular formula is C18H15FN4O. The highest BCUT2D eigenvalue weighted by molar-refractivity contribution is 5.77. The van der Waals surface area contributed by atoms with E-state index in [1.165, 1.54) is 12.4 Å². The predicted octanol–water partition coefficient (Wildman–Crippen LogP) is 3.48. The van der Waals surface area contributed by atoms with Crippen LogP contribution in [0, 0.1) is 5.82 Å². The Bertz CT molecular complexity index is 901. The van der Waals surface area contributed by atoms with Gasteiger partial charge < -0.3 is 10.1 Å². The first-order chi connectivity index (χ1) is 11.8. The van der Waals surface area contributed by atoms with Crippen LogP contribution in [-0.2, 0) is 0 Å². The zero-order chi connectivity index (χ0) is 16.5. The van der Waals surface area contributed by atoms with Crippen molar-refractivity contribution in [1.29, 1.82) is 0 Å². The van der Waals surface area contributed by atoms with Gasteiger partial charge in [0, 0.05) is 11.3 Å². The van der Waals surface area contributed by atoms with Crippen LogP contribution in [0.25, 0.3) is 5.70 Å². The largest absolute Gasteiger partial charge is 0.497 e. The average Bonchev–Trinajstić information content (AvgIpc) is 3.10. The fourth-order valence-corrected chi connectivity index (χ4v) is 2.81. The molecule has 1 aromatic heterocycles. The van der Waals surface area contributed by atoms with E-state index in [0.717, 1.165) is 17.0 Å². The Hall–Kier alpha value is -3.15. The van der Waals surface area contributed by atoms with Crippen LogP contribution in [0.3, 0.4) is 0 Å². The molecule has 0 unspecified atom stereocenters. The topological polar surface area (TPSA) is 52.0 Å². The summed E-state index contributed by atoms with van der Waals surface area (Å²) in [7, 11) is 1.63. The third kappa shape index (κ3) is 2.42. The number of hydrogen-bond donors (Lipinski definition) is 1. The minimum Gasteiger partial charge on any atom is -0.497 e. The van der Waals surface area contributed by atoms with E-state index in [1.807, 2.05) is 36.4 Å². The molecule has 2 aromatic carbocycles. The van der Waals surface area contributed by atoms with Gasteiger partial charge >= 0.3 is 0 Å². The molecule has 0 amide bonds. The van der Waals surface area contributed by atoms with Gasteiger partial charge in [-0.25, -0.2) is 9.07 Å². The van der Waals surface area contributed by atoms with Crippen molar-refractivity contribution in [2.24, 2.45) is 0 Å². The summed E-state index contributed by atoms with van der Waals surface area (Å²) in [6.45, 7) is 0. The lowest BCUT2D eigenvalue weighted by Crippen LogP contribution is -2.21. The molecule has 1 aliphatic rings. The summed E-state index contributed by atoms with van der Waals surface area (Å²) < 4.78 is 21.1. The summed E-state index contributed by atoms with van der Waals surface area (Å²) in [5.41, 5.74) is 2.37. The molecule has 1 aliphatic heterocycles. The zero-order valence-electron chi connectivity index (χ0n) is 13.0. The molecule has 0 fully saturated rings. The third-order valence-corrected chi connectivity index (χ3v) is 4.03. The van der Waals surface area contributed by atoms with Crippen LogP contribution in [0.4, 0.5) is 10.3 Å². The van der Waals surface area contributed by atoms with Crippen molar-refractivity contribution >= 4 is 11.6 Å². The molecule has 6 heteroatoms. The highest BCUT2D eigenvalue weighted by atomic mass is 19.1. The molecular weight excluding hydrogens is 307 g/mol. The fourth-order valence-electron chi connectivity index (χ4n) is 2.81. The lowest BCUT2D eigenvalue weighted by Gasteiger charge is -2.24. The number of rotatable bonds is 3. The van der Waals surface area contributed by atoms with Gasteiger partial charge in [0.2, 0.25) is 5.95 Å². The van der Waals surface area contributed by atoms with Gasteiger partial charge in [-0.1, -0.05) is 18.2 Å². The number of ether oxygens (including phenoxy) is 1. The monoisotopic (exact) mass is 322 g/mol. The Labute approximate surface area is 138 Å². The van der Waals surface area contributed by atoms with E-state index in [4.69, 9.17) is 4.74 Å². The normalized spacial score (nSPS) is 16.1. The van der Waals surface area contributed by atoms with Gasteiger partial charge in [0.1, 0.15) is 23.9 Å². The van der Waals surface area contributed by atoms with Crippen LogP contribution in [-0.4, -0.2) is 21.9 Å². The number of halogens is 1. The number of allylic oxidation sites excluding steroid dienone is 1. The van der Waals surface area contributed by atoms with Gasteiger partial charge in [-0.2, -0.15) is 10.1 Å². The Balaban J connectivity index is 1.80. The second kappa shape index (κ2) is 5.81. The van der Waals surface area contributed by atoms with Gasteiger partial charge in [-0.05, 0) is 42.0 Å². The quantitative estimate of drug-likeness (QED) is 0.802. The molecule has 0 spiro atoms. The molecule has 24 heavy (non-hydrogen) atoms. The second-order valence-electron chi connectivity index (χ2n) is 5.43. The Morgan fingerprint density at radius 3 is 2.67 bits per heavy atom. The number of anilines is 1. The van der Waals surface area contributed by atoms with Crippen LogP contribution in [0.5, 0.6) is 5.75 Å². The summed E-state index contributed by atoms with van der Waals surface area (Å²) in [6.07, 6.45) is 3.41. The highest BCUT2D eigenvalue weighted by Crippen LogP contribution is 2.33. The van der Waals surface area contributed by atoms with Crippen molar-refractivity contribution in [3.8, 4) is 5.75 Å². The number of aromatic nitrogens is 3. The molecule has 0 saturated heterocycles. The summed E-state index contributed by atoms with van der Waals surface area (Å²) in [5.74, 6) is 1.09. The standard InChI is InChI=1S/C18H15FN4O/c1-24-13-8-6-12(7-9-13)16-10-17(14-4-2-3-5-15(14)19)23-18(22-16)20-11-21-23/h2-11,17H,1H3,(H,20,21,22)/t17-/m0/s1. The third-order valence-electron chi connectivity index (χ3n) is 4.03. The van der Waals surface area contributed by atoms with Crippen molar-refractivity contribution in [3.05, 3.63) is 77.9 Å². The second-order valence-corrected chi connectivity index (χ2v) is 5.43. The van der Waals surface area contributed by atoms with Gasteiger partial charge in [-0.15, -0.1) is 0 Å². The first-order valence-corrected chi connectivity index (χ1v) is 7.53. The van der Waals surface area contributed by atoms with Gasteiger partial charge in [0.05, 0.1) is 7.11 Å². The van der Waals surface area contributed by atoms with Crippen molar-refractivity contribution in [3.63, 3.8) is 0 Å². The van der Waals surface area contributed by atoms with E-state index in [-0.39, 0.29) is 11.9 Å². The number of benzene rings is 2. The van der Waals surface area contributed by atoms with Crippen molar-refractivity contribution in [2.45, 2.75) is 6.04 Å². The Morgan fingerprint density at radius 1 is 1.12 bits per heavy atom. The molecule has 1 N–H and O–H groups in total. The molecule has 0 aliphatic carbocycles. The number of fused-ring (bicyclic) bond motifs is 1. The summed E-state index contributed by atoms with van der Waals surface area (Å²) in [5, 5.41) is 7.46. The van der Waals surface area contributed by atoms with E-state index in [1.54, 1.807) is 23.9 Å². The van der Waals surface area contributed by atoms with Crippen molar-refractivity contribution in [2.75, 3.05) is 12.4 Å². The molecule has 120 valence electrons. The molecule has 2 heterocycles. The van der Waals surface area contributed by atoms with Gasteiger partial charge in [-0.3, -0.25) is 0 Å². The molecule has 0 saturated carbocycles. The average molecular weight is 322 g/mol. The van der Waals surface area contributed by atoms with Gasteiger partial charge in [0.25, 0.3) is 0 Å². The molecule has 0 radical (unpaired) electrons. The first-order valence-electron chi connectivity index (χ1n) is 7.53. The smallest absolute Gasteiger partial charge is 0.226 e. The van der Waals surface area contributed by atoms with Crippen LogP contribution >= 0.6 is 0 Å². The van der Waals surface area contributed by atoms with Crippen LogP contribution < -0.4 is 10.1 Å². The van der Waals surface area contributed by atoms with E-state index in [9.17, 15) is 4.39 Å². The summed E-state index contributed by atoms with van der Waals surface area (Å²) in [6, 6.07) is 14.0. The van der Waals surface area contributed by atoms with Crippen molar-refractivity contribution in [1.82, 2.24) is 14.8 Å². The lowest BCUT2D eigenvalue weighted by molar-refractivity contribution is 0.415. The summed E-state index contributed by atoms with van der Waals surface area (Å²) in [4.78, 5) is 4.22. The molecule has 1 atom stereocenters. The van der Waals surface area contributed by atoms with Crippen LogP contribution in [0.2, 0.25) is 0 Å². The Kier molecular flexibility index (Phi) is 3.49. The van der Waals surface area contributed by atoms with E-state index < -0.39 is 0 Å². The SMILES string of the molecule is COc1ccc(C2=C[C@@H](c3ccccc3F)n3ncnc3N2)cc1. The minimum absolute atomic E-state index is 0.267. The van der Waals surface area contributed by atoms with Crippen LogP contribution in [0.1, 0.15) is 17.2 Å². The number of nitrogens with zero attached hydrogens (tertiary/aromatic N) is 3. The number of hydrogen-bond acceptors (Lipinski definition) is 4. The minimum atomic E-state index is -0.359. The van der Waals surface area contributed by atoms with E-state index in [0.29, 0.717) is 11.5 Å². The summed E-state index contributed by atoms with van der Waals surface area (Å²) >= 11 is 0.